The second-order valence-electron chi connectivity index (χ2n) is 5.54. The molecule has 1 aromatic heterocycles. The molecule has 0 saturated heterocycles. The van der Waals surface area contributed by atoms with Crippen LogP contribution in [0.2, 0.25) is 0 Å². The summed E-state index contributed by atoms with van der Waals surface area (Å²) < 4.78 is 6.82. The van der Waals surface area contributed by atoms with Crippen molar-refractivity contribution in [1.29, 1.82) is 0 Å². The van der Waals surface area contributed by atoms with Crippen molar-refractivity contribution in [3.63, 3.8) is 0 Å². The van der Waals surface area contributed by atoms with Gasteiger partial charge in [-0.05, 0) is 38.0 Å². The lowest BCUT2D eigenvalue weighted by Crippen LogP contribution is -2.28. The molecule has 0 radical (unpaired) electrons. The Morgan fingerprint density at radius 2 is 2.22 bits per heavy atom. The second-order valence-corrected chi connectivity index (χ2v) is 5.54. The second kappa shape index (κ2) is 6.64. The van der Waals surface area contributed by atoms with Gasteiger partial charge in [0, 0.05) is 18.3 Å². The molecule has 1 amide bonds. The fraction of sp³-hybridized carbons (Fsp3) is 0.353. The number of aromatic nitrogens is 2. The van der Waals surface area contributed by atoms with E-state index in [1.54, 1.807) is 48.4 Å². The molecule has 0 atom stereocenters. The Morgan fingerprint density at radius 3 is 2.83 bits per heavy atom. The molecule has 6 nitrogen and oxygen atoms in total. The van der Waals surface area contributed by atoms with E-state index in [1.165, 1.54) is 0 Å². The van der Waals surface area contributed by atoms with Gasteiger partial charge in [0.05, 0.1) is 29.9 Å². The smallest absolute Gasteiger partial charge is 0.338 e. The van der Waals surface area contributed by atoms with Crippen LogP contribution in [0.3, 0.4) is 0 Å². The van der Waals surface area contributed by atoms with Crippen LogP contribution < -0.4 is 5.32 Å². The van der Waals surface area contributed by atoms with Crippen LogP contribution in [0.15, 0.2) is 36.9 Å². The van der Waals surface area contributed by atoms with Gasteiger partial charge in [-0.1, -0.05) is 6.42 Å². The van der Waals surface area contributed by atoms with E-state index in [0.717, 1.165) is 24.9 Å². The number of carbonyl (C=O) groups is 2. The normalized spacial score (nSPS) is 14.1. The number of esters is 1. The first-order valence-electron chi connectivity index (χ1n) is 7.79. The number of imidazole rings is 1. The quantitative estimate of drug-likeness (QED) is 0.861. The number of hydrogen-bond donors (Lipinski definition) is 1. The van der Waals surface area contributed by atoms with Crippen molar-refractivity contribution in [2.45, 2.75) is 26.2 Å². The number of rotatable bonds is 5. The molecule has 0 bridgehead atoms. The zero-order valence-corrected chi connectivity index (χ0v) is 13.0. The average molecular weight is 313 g/mol. The third kappa shape index (κ3) is 3.26. The van der Waals surface area contributed by atoms with E-state index >= 15 is 0 Å². The Bertz CT molecular complexity index is 706. The van der Waals surface area contributed by atoms with Crippen LogP contribution in [0, 0.1) is 5.92 Å². The van der Waals surface area contributed by atoms with E-state index in [9.17, 15) is 9.59 Å². The highest BCUT2D eigenvalue weighted by Gasteiger charge is 2.26. The molecular formula is C17H19N3O3. The fourth-order valence-electron chi connectivity index (χ4n) is 2.51. The number of hydrogen-bond acceptors (Lipinski definition) is 4. The largest absolute Gasteiger partial charge is 0.462 e. The SMILES string of the molecule is CCOC(=O)c1ccc(-n2ccnc2)c(NC(=O)C2CCC2)c1. The van der Waals surface area contributed by atoms with Gasteiger partial charge < -0.3 is 14.6 Å². The maximum Gasteiger partial charge on any atom is 0.338 e. The van der Waals surface area contributed by atoms with Gasteiger partial charge in [0.1, 0.15) is 0 Å². The Hall–Kier alpha value is -2.63. The minimum Gasteiger partial charge on any atom is -0.462 e. The molecule has 1 aliphatic carbocycles. The number of nitrogens with zero attached hydrogens (tertiary/aromatic N) is 2. The summed E-state index contributed by atoms with van der Waals surface area (Å²) in [4.78, 5) is 28.2. The van der Waals surface area contributed by atoms with Crippen LogP contribution in [0.5, 0.6) is 0 Å². The topological polar surface area (TPSA) is 73.2 Å². The predicted molar refractivity (Wildman–Crippen MR) is 85.5 cm³/mol. The summed E-state index contributed by atoms with van der Waals surface area (Å²) in [6, 6.07) is 5.13. The van der Waals surface area contributed by atoms with E-state index < -0.39 is 5.97 Å². The van der Waals surface area contributed by atoms with Crippen LogP contribution in [-0.4, -0.2) is 28.0 Å². The molecule has 120 valence electrons. The van der Waals surface area contributed by atoms with Crippen LogP contribution in [0.25, 0.3) is 5.69 Å². The number of carbonyl (C=O) groups excluding carboxylic acids is 2. The van der Waals surface area contributed by atoms with Crippen molar-refractivity contribution < 1.29 is 14.3 Å². The lowest BCUT2D eigenvalue weighted by molar-refractivity contribution is -0.122. The van der Waals surface area contributed by atoms with Crippen molar-refractivity contribution in [3.05, 3.63) is 42.5 Å². The third-order valence-corrected chi connectivity index (χ3v) is 4.02. The summed E-state index contributed by atoms with van der Waals surface area (Å²) in [5.41, 5.74) is 1.77. The molecule has 1 heterocycles. The molecule has 1 N–H and O–H groups in total. The monoisotopic (exact) mass is 313 g/mol. The van der Waals surface area contributed by atoms with Gasteiger partial charge in [0.2, 0.25) is 5.91 Å². The van der Waals surface area contributed by atoms with E-state index in [2.05, 4.69) is 10.3 Å². The molecule has 1 aliphatic rings. The molecule has 2 aromatic rings. The Labute approximate surface area is 134 Å². The standard InChI is InChI=1S/C17H19N3O3/c1-2-23-17(22)13-6-7-15(20-9-8-18-11-20)14(10-13)19-16(21)12-4-3-5-12/h6-12H,2-5H2,1H3,(H,19,21). The van der Waals surface area contributed by atoms with Crippen molar-refractivity contribution >= 4 is 17.6 Å². The first-order chi connectivity index (χ1) is 11.2. The summed E-state index contributed by atoms with van der Waals surface area (Å²) in [6.45, 7) is 2.07. The van der Waals surface area contributed by atoms with Crippen molar-refractivity contribution in [1.82, 2.24) is 9.55 Å². The number of nitrogens with one attached hydrogen (secondary N) is 1. The minimum absolute atomic E-state index is 0.00127. The van der Waals surface area contributed by atoms with Crippen molar-refractivity contribution in [3.8, 4) is 5.69 Å². The van der Waals surface area contributed by atoms with Gasteiger partial charge in [0.25, 0.3) is 0 Å². The van der Waals surface area contributed by atoms with E-state index in [4.69, 9.17) is 4.74 Å². The van der Waals surface area contributed by atoms with Gasteiger partial charge in [-0.3, -0.25) is 4.79 Å². The zero-order valence-electron chi connectivity index (χ0n) is 13.0. The Kier molecular flexibility index (Phi) is 4.41. The predicted octanol–water partition coefficient (Wildman–Crippen LogP) is 2.79. The van der Waals surface area contributed by atoms with Crippen molar-refractivity contribution in [2.75, 3.05) is 11.9 Å². The highest BCUT2D eigenvalue weighted by atomic mass is 16.5. The van der Waals surface area contributed by atoms with E-state index in [1.807, 2.05) is 0 Å². The Balaban J connectivity index is 1.92. The number of anilines is 1. The molecule has 1 aromatic carbocycles. The van der Waals surface area contributed by atoms with Gasteiger partial charge in [0.15, 0.2) is 0 Å². The number of benzene rings is 1. The lowest BCUT2D eigenvalue weighted by Gasteiger charge is -2.24. The van der Waals surface area contributed by atoms with E-state index in [-0.39, 0.29) is 11.8 Å². The molecule has 6 heteroatoms. The minimum atomic E-state index is -0.399. The molecule has 0 spiro atoms. The summed E-state index contributed by atoms with van der Waals surface area (Å²) in [5, 5.41) is 2.94. The molecule has 0 aliphatic heterocycles. The maximum atomic E-state index is 12.3. The number of amides is 1. The average Bonchev–Trinajstić information content (AvgIpc) is 2.99. The molecule has 1 saturated carbocycles. The summed E-state index contributed by atoms with van der Waals surface area (Å²) in [5.74, 6) is -0.334. The van der Waals surface area contributed by atoms with Crippen LogP contribution in [-0.2, 0) is 9.53 Å². The lowest BCUT2D eigenvalue weighted by atomic mass is 9.85. The van der Waals surface area contributed by atoms with Crippen molar-refractivity contribution in [2.24, 2.45) is 5.92 Å². The zero-order chi connectivity index (χ0) is 16.2. The summed E-state index contributed by atoms with van der Waals surface area (Å²) in [7, 11) is 0. The molecule has 0 unspecified atom stereocenters. The first kappa shape index (κ1) is 15.3. The highest BCUT2D eigenvalue weighted by molar-refractivity contribution is 5.97. The molecule has 3 rings (SSSR count). The molecule has 23 heavy (non-hydrogen) atoms. The van der Waals surface area contributed by atoms with Gasteiger partial charge in [-0.2, -0.15) is 0 Å². The highest BCUT2D eigenvalue weighted by Crippen LogP contribution is 2.29. The van der Waals surface area contributed by atoms with Gasteiger partial charge in [-0.15, -0.1) is 0 Å². The Morgan fingerprint density at radius 1 is 1.39 bits per heavy atom. The molecule has 1 fully saturated rings. The van der Waals surface area contributed by atoms with Crippen LogP contribution >= 0.6 is 0 Å². The van der Waals surface area contributed by atoms with Crippen LogP contribution in [0.4, 0.5) is 5.69 Å². The van der Waals surface area contributed by atoms with Crippen LogP contribution in [0.1, 0.15) is 36.5 Å². The van der Waals surface area contributed by atoms with E-state index in [0.29, 0.717) is 17.9 Å². The molecular weight excluding hydrogens is 294 g/mol. The first-order valence-corrected chi connectivity index (χ1v) is 7.79. The number of ether oxygens (including phenoxy) is 1. The summed E-state index contributed by atoms with van der Waals surface area (Å²) >= 11 is 0. The third-order valence-electron chi connectivity index (χ3n) is 4.02. The maximum absolute atomic E-state index is 12.3. The summed E-state index contributed by atoms with van der Waals surface area (Å²) in [6.07, 6.45) is 8.04. The fourth-order valence-corrected chi connectivity index (χ4v) is 2.51. The van der Waals surface area contributed by atoms with Gasteiger partial charge in [-0.25, -0.2) is 9.78 Å². The van der Waals surface area contributed by atoms with Gasteiger partial charge >= 0.3 is 5.97 Å².